The van der Waals surface area contributed by atoms with Gasteiger partial charge < -0.3 is 15.4 Å². The lowest BCUT2D eigenvalue weighted by Gasteiger charge is -2.55. The first kappa shape index (κ1) is 18.2. The van der Waals surface area contributed by atoms with Crippen molar-refractivity contribution < 1.29 is 14.3 Å². The number of para-hydroxylation sites is 1. The number of hydrogen-bond donors (Lipinski definition) is 2. The van der Waals surface area contributed by atoms with Gasteiger partial charge in [-0.2, -0.15) is 5.10 Å². The van der Waals surface area contributed by atoms with Crippen LogP contribution in [0.25, 0.3) is 0 Å². The summed E-state index contributed by atoms with van der Waals surface area (Å²) in [4.78, 5) is 25.8. The molecule has 3 saturated carbocycles. The first-order valence-corrected chi connectivity index (χ1v) is 10.3. The Hall–Kier alpha value is -2.83. The maximum atomic E-state index is 13.1. The van der Waals surface area contributed by atoms with Crippen LogP contribution in [0.4, 0.5) is 5.69 Å². The monoisotopic (exact) mass is 394 g/mol. The topological polar surface area (TPSA) is 85.3 Å². The standard InChI is InChI=1S/C22H26N4O3/c1-12-19(13(2)26(3)25-12)23-20(27)17-10-15-9-8-14(17)11-22(15)24-21(28)16-6-4-5-7-18(16)29-22/h4-7,14-15,17H,8-11H2,1-3H3,(H,23,27)(H,24,28)/t14-,15+,17+,22+/m0/s1. The fourth-order valence-corrected chi connectivity index (χ4v) is 5.45. The average molecular weight is 394 g/mol. The number of anilines is 1. The lowest BCUT2D eigenvalue weighted by Crippen LogP contribution is -2.66. The Bertz CT molecular complexity index is 1010. The summed E-state index contributed by atoms with van der Waals surface area (Å²) < 4.78 is 8.16. The Labute approximate surface area is 169 Å². The summed E-state index contributed by atoms with van der Waals surface area (Å²) in [6.07, 6.45) is 3.33. The number of amides is 2. The second kappa shape index (κ2) is 6.34. The van der Waals surface area contributed by atoms with Gasteiger partial charge in [-0.05, 0) is 51.2 Å². The number of carbonyl (C=O) groups excluding carboxylic acids is 2. The lowest BCUT2D eigenvalue weighted by molar-refractivity contribution is -0.142. The Morgan fingerprint density at radius 1 is 1.31 bits per heavy atom. The van der Waals surface area contributed by atoms with Crippen LogP contribution in [0, 0.1) is 31.6 Å². The Kier molecular flexibility index (Phi) is 3.98. The van der Waals surface area contributed by atoms with Crippen molar-refractivity contribution in [3.05, 3.63) is 41.2 Å². The summed E-state index contributed by atoms with van der Waals surface area (Å²) in [5.41, 5.74) is 2.48. The third-order valence-electron chi connectivity index (χ3n) is 7.06. The highest BCUT2D eigenvalue weighted by Gasteiger charge is 2.57. The van der Waals surface area contributed by atoms with E-state index in [1.165, 1.54) is 0 Å². The molecule has 152 valence electrons. The van der Waals surface area contributed by atoms with Crippen molar-refractivity contribution in [3.63, 3.8) is 0 Å². The highest BCUT2D eigenvalue weighted by atomic mass is 16.5. The van der Waals surface area contributed by atoms with E-state index in [9.17, 15) is 9.59 Å². The molecule has 0 radical (unpaired) electrons. The van der Waals surface area contributed by atoms with Crippen molar-refractivity contribution in [2.75, 3.05) is 5.32 Å². The molecule has 2 aromatic rings. The third-order valence-corrected chi connectivity index (χ3v) is 7.06. The summed E-state index contributed by atoms with van der Waals surface area (Å²) in [6, 6.07) is 7.38. The van der Waals surface area contributed by atoms with E-state index in [4.69, 9.17) is 4.74 Å². The zero-order valence-corrected chi connectivity index (χ0v) is 17.0. The van der Waals surface area contributed by atoms with E-state index >= 15 is 0 Å². The Morgan fingerprint density at radius 3 is 2.79 bits per heavy atom. The van der Waals surface area contributed by atoms with E-state index in [-0.39, 0.29) is 29.6 Å². The average Bonchev–Trinajstić information content (AvgIpc) is 2.94. The normalized spacial score (nSPS) is 29.9. The fourth-order valence-electron chi connectivity index (χ4n) is 5.45. The second-order valence-corrected chi connectivity index (χ2v) is 8.68. The van der Waals surface area contributed by atoms with Crippen LogP contribution in [0.3, 0.4) is 0 Å². The molecule has 7 heteroatoms. The van der Waals surface area contributed by atoms with Gasteiger partial charge in [-0.15, -0.1) is 0 Å². The van der Waals surface area contributed by atoms with Gasteiger partial charge in [0.25, 0.3) is 5.91 Å². The van der Waals surface area contributed by atoms with Crippen molar-refractivity contribution in [3.8, 4) is 5.75 Å². The summed E-state index contributed by atoms with van der Waals surface area (Å²) >= 11 is 0. The highest BCUT2D eigenvalue weighted by molar-refractivity contribution is 5.98. The molecule has 1 aromatic heterocycles. The van der Waals surface area contributed by atoms with Crippen molar-refractivity contribution in [1.29, 1.82) is 0 Å². The largest absolute Gasteiger partial charge is 0.467 e. The molecule has 2 amide bonds. The van der Waals surface area contributed by atoms with Crippen LogP contribution in [-0.2, 0) is 11.8 Å². The van der Waals surface area contributed by atoms with Gasteiger partial charge in [0.05, 0.1) is 22.6 Å². The van der Waals surface area contributed by atoms with Crippen molar-refractivity contribution in [2.45, 2.75) is 45.3 Å². The smallest absolute Gasteiger partial charge is 0.258 e. The molecule has 2 N–H and O–H groups in total. The second-order valence-electron chi connectivity index (χ2n) is 8.68. The van der Waals surface area contributed by atoms with Crippen LogP contribution >= 0.6 is 0 Å². The zero-order valence-electron chi connectivity index (χ0n) is 17.0. The maximum absolute atomic E-state index is 13.1. The van der Waals surface area contributed by atoms with Crippen LogP contribution in [0.1, 0.15) is 47.4 Å². The molecule has 0 unspecified atom stereocenters. The molecule has 1 aromatic carbocycles. The molecular formula is C22H26N4O3. The molecule has 3 fully saturated rings. The first-order valence-electron chi connectivity index (χ1n) is 10.3. The minimum atomic E-state index is -0.689. The summed E-state index contributed by atoms with van der Waals surface area (Å²) in [6.45, 7) is 3.87. The van der Waals surface area contributed by atoms with Crippen LogP contribution < -0.4 is 15.4 Å². The van der Waals surface area contributed by atoms with Crippen LogP contribution in [-0.4, -0.2) is 27.3 Å². The highest BCUT2D eigenvalue weighted by Crippen LogP contribution is 2.52. The van der Waals surface area contributed by atoms with Crippen molar-refractivity contribution >= 4 is 17.5 Å². The van der Waals surface area contributed by atoms with E-state index < -0.39 is 5.72 Å². The molecular weight excluding hydrogens is 368 g/mol. The molecule has 0 saturated heterocycles. The van der Waals surface area contributed by atoms with E-state index in [1.54, 1.807) is 10.7 Å². The SMILES string of the molecule is Cc1nn(C)c(C)c1NC(=O)[C@@H]1C[C@H]2CC[C@H]1C[C@]21NC(=O)c2ccccc2O1. The van der Waals surface area contributed by atoms with Crippen molar-refractivity contribution in [1.82, 2.24) is 15.1 Å². The van der Waals surface area contributed by atoms with E-state index in [0.717, 1.165) is 36.3 Å². The maximum Gasteiger partial charge on any atom is 0.258 e. The summed E-state index contributed by atoms with van der Waals surface area (Å²) in [7, 11) is 1.88. The number of aryl methyl sites for hydroxylation is 2. The number of hydrogen-bond acceptors (Lipinski definition) is 4. The number of benzene rings is 1. The van der Waals surface area contributed by atoms with Crippen LogP contribution in [0.15, 0.2) is 24.3 Å². The predicted molar refractivity (Wildman–Crippen MR) is 108 cm³/mol. The lowest BCUT2D eigenvalue weighted by atomic mass is 9.60. The molecule has 7 nitrogen and oxygen atoms in total. The number of carbonyl (C=O) groups is 2. The van der Waals surface area contributed by atoms with E-state index in [2.05, 4.69) is 15.7 Å². The van der Waals surface area contributed by atoms with E-state index in [0.29, 0.717) is 17.7 Å². The number of nitrogens with one attached hydrogen (secondary N) is 2. The molecule has 3 aliphatic carbocycles. The fraction of sp³-hybridized carbons (Fsp3) is 0.500. The quantitative estimate of drug-likeness (QED) is 0.820. The zero-order chi connectivity index (χ0) is 20.3. The molecule has 1 spiro atoms. The summed E-state index contributed by atoms with van der Waals surface area (Å²) in [5, 5.41) is 10.7. The minimum absolute atomic E-state index is 0.0521. The summed E-state index contributed by atoms with van der Waals surface area (Å²) in [5.74, 6) is 0.847. The molecule has 2 heterocycles. The van der Waals surface area contributed by atoms with Gasteiger partial charge in [0, 0.05) is 25.3 Å². The Balaban J connectivity index is 1.37. The predicted octanol–water partition coefficient (Wildman–Crippen LogP) is 2.93. The number of aromatic nitrogens is 2. The van der Waals surface area contributed by atoms with Gasteiger partial charge in [0.1, 0.15) is 5.75 Å². The van der Waals surface area contributed by atoms with Crippen molar-refractivity contribution in [2.24, 2.45) is 24.8 Å². The minimum Gasteiger partial charge on any atom is -0.467 e. The third kappa shape index (κ3) is 2.74. The van der Waals surface area contributed by atoms with Crippen LogP contribution in [0.2, 0.25) is 0 Å². The molecule has 4 aliphatic rings. The van der Waals surface area contributed by atoms with Gasteiger partial charge in [-0.25, -0.2) is 0 Å². The van der Waals surface area contributed by atoms with E-state index in [1.807, 2.05) is 39.1 Å². The molecule has 1 aliphatic heterocycles. The van der Waals surface area contributed by atoms with Gasteiger partial charge in [-0.3, -0.25) is 14.3 Å². The number of ether oxygens (including phenoxy) is 1. The number of nitrogens with zero attached hydrogens (tertiary/aromatic N) is 2. The molecule has 4 atom stereocenters. The van der Waals surface area contributed by atoms with Crippen LogP contribution in [0.5, 0.6) is 5.75 Å². The van der Waals surface area contributed by atoms with Gasteiger partial charge in [0.2, 0.25) is 5.91 Å². The number of fused-ring (bicyclic) bond motifs is 3. The van der Waals surface area contributed by atoms with Gasteiger partial charge in [-0.1, -0.05) is 12.1 Å². The molecule has 29 heavy (non-hydrogen) atoms. The first-order chi connectivity index (χ1) is 13.9. The molecule has 6 rings (SSSR count). The Morgan fingerprint density at radius 2 is 2.10 bits per heavy atom. The number of rotatable bonds is 2. The molecule has 2 bridgehead atoms. The van der Waals surface area contributed by atoms with Gasteiger partial charge >= 0.3 is 0 Å². The van der Waals surface area contributed by atoms with Gasteiger partial charge in [0.15, 0.2) is 5.72 Å².